The topological polar surface area (TPSA) is 55.1 Å². The second kappa shape index (κ2) is 5.30. The molecule has 2 aromatic rings. The first-order valence-electron chi connectivity index (χ1n) is 7.01. The van der Waals surface area contributed by atoms with Crippen molar-refractivity contribution in [1.29, 1.82) is 0 Å². The second-order valence-electron chi connectivity index (χ2n) is 5.42. The summed E-state index contributed by atoms with van der Waals surface area (Å²) in [7, 11) is 0. The van der Waals surface area contributed by atoms with E-state index in [1.807, 2.05) is 12.1 Å². The summed E-state index contributed by atoms with van der Waals surface area (Å²) in [6.07, 6.45) is 1.53. The highest BCUT2D eigenvalue weighted by Crippen LogP contribution is 2.46. The van der Waals surface area contributed by atoms with E-state index in [0.717, 1.165) is 18.4 Å². The van der Waals surface area contributed by atoms with E-state index in [1.54, 1.807) is 30.3 Å². The van der Waals surface area contributed by atoms with Crippen molar-refractivity contribution in [2.75, 3.05) is 0 Å². The second-order valence-corrected chi connectivity index (χ2v) is 5.42. The zero-order valence-electron chi connectivity index (χ0n) is 11.6. The minimum Gasteiger partial charge on any atom is -0.342 e. The van der Waals surface area contributed by atoms with E-state index in [1.165, 1.54) is 6.07 Å². The molecule has 4 heteroatoms. The predicted octanol–water partition coefficient (Wildman–Crippen LogP) is 2.70. The molecule has 0 bridgehead atoms. The maximum absolute atomic E-state index is 13.9. The lowest BCUT2D eigenvalue weighted by Gasteiger charge is -2.18. The van der Waals surface area contributed by atoms with Crippen LogP contribution in [0.5, 0.6) is 0 Å². The van der Waals surface area contributed by atoms with Crippen LogP contribution in [0, 0.1) is 5.82 Å². The maximum Gasteiger partial charge on any atom is 0.251 e. The molecular weight excluding hydrogens is 267 g/mol. The fourth-order valence-corrected chi connectivity index (χ4v) is 2.52. The van der Waals surface area contributed by atoms with Gasteiger partial charge in [0.2, 0.25) is 0 Å². The fourth-order valence-electron chi connectivity index (χ4n) is 2.52. The van der Waals surface area contributed by atoms with Crippen LogP contribution in [0.1, 0.15) is 34.3 Å². The molecule has 1 aliphatic rings. The highest BCUT2D eigenvalue weighted by atomic mass is 19.1. The summed E-state index contributed by atoms with van der Waals surface area (Å²) >= 11 is 0. The molecule has 1 amide bonds. The van der Waals surface area contributed by atoms with Crippen LogP contribution in [0.4, 0.5) is 4.39 Å². The SMILES string of the molecule is NCc1ccc(C(=O)NC2(c3ccccc3F)CC2)cc1. The molecule has 0 aliphatic heterocycles. The Balaban J connectivity index is 1.79. The average Bonchev–Trinajstić information content (AvgIpc) is 3.28. The van der Waals surface area contributed by atoms with Crippen LogP contribution in [-0.4, -0.2) is 5.91 Å². The number of rotatable bonds is 4. The van der Waals surface area contributed by atoms with Crippen molar-refractivity contribution in [3.63, 3.8) is 0 Å². The Hall–Kier alpha value is -2.20. The molecule has 3 N–H and O–H groups in total. The van der Waals surface area contributed by atoms with E-state index in [9.17, 15) is 9.18 Å². The molecule has 0 aromatic heterocycles. The lowest BCUT2D eigenvalue weighted by Crippen LogP contribution is -2.35. The summed E-state index contributed by atoms with van der Waals surface area (Å²) in [6, 6.07) is 13.8. The van der Waals surface area contributed by atoms with Crippen LogP contribution in [0.3, 0.4) is 0 Å². The largest absolute Gasteiger partial charge is 0.342 e. The van der Waals surface area contributed by atoms with Crippen LogP contribution in [0.25, 0.3) is 0 Å². The Labute approximate surface area is 123 Å². The Kier molecular flexibility index (Phi) is 3.47. The summed E-state index contributed by atoms with van der Waals surface area (Å²) < 4.78 is 13.9. The Morgan fingerprint density at radius 3 is 2.38 bits per heavy atom. The molecule has 1 fully saturated rings. The van der Waals surface area contributed by atoms with Gasteiger partial charge in [-0.2, -0.15) is 0 Å². The molecule has 21 heavy (non-hydrogen) atoms. The normalized spacial score (nSPS) is 15.5. The van der Waals surface area contributed by atoms with Crippen molar-refractivity contribution in [2.24, 2.45) is 5.73 Å². The lowest BCUT2D eigenvalue weighted by molar-refractivity contribution is 0.0930. The van der Waals surface area contributed by atoms with Crippen molar-refractivity contribution in [1.82, 2.24) is 5.32 Å². The molecule has 0 spiro atoms. The van der Waals surface area contributed by atoms with E-state index in [2.05, 4.69) is 5.32 Å². The summed E-state index contributed by atoms with van der Waals surface area (Å²) in [5.74, 6) is -0.451. The van der Waals surface area contributed by atoms with Gasteiger partial charge in [0.1, 0.15) is 5.82 Å². The van der Waals surface area contributed by atoms with Gasteiger partial charge in [-0.05, 0) is 36.6 Å². The van der Waals surface area contributed by atoms with E-state index in [0.29, 0.717) is 17.7 Å². The van der Waals surface area contributed by atoms with E-state index in [4.69, 9.17) is 5.73 Å². The predicted molar refractivity (Wildman–Crippen MR) is 79.1 cm³/mol. The summed E-state index contributed by atoms with van der Waals surface area (Å²) in [6.45, 7) is 0.445. The average molecular weight is 284 g/mol. The molecule has 1 saturated carbocycles. The van der Waals surface area contributed by atoms with Gasteiger partial charge in [0.15, 0.2) is 0 Å². The Bertz CT molecular complexity index is 663. The molecular formula is C17H17FN2O. The van der Waals surface area contributed by atoms with Crippen molar-refractivity contribution in [3.8, 4) is 0 Å². The van der Waals surface area contributed by atoms with Gasteiger partial charge in [-0.1, -0.05) is 30.3 Å². The molecule has 0 saturated heterocycles. The minimum absolute atomic E-state index is 0.181. The number of carbonyl (C=O) groups excluding carboxylic acids is 1. The first-order chi connectivity index (χ1) is 10.1. The smallest absolute Gasteiger partial charge is 0.251 e. The van der Waals surface area contributed by atoms with E-state index in [-0.39, 0.29) is 11.7 Å². The molecule has 108 valence electrons. The third-order valence-electron chi connectivity index (χ3n) is 3.94. The zero-order chi connectivity index (χ0) is 14.9. The molecule has 3 nitrogen and oxygen atoms in total. The number of nitrogens with one attached hydrogen (secondary N) is 1. The van der Waals surface area contributed by atoms with Gasteiger partial charge in [-0.3, -0.25) is 4.79 Å². The number of hydrogen-bond donors (Lipinski definition) is 2. The lowest BCUT2D eigenvalue weighted by atomic mass is 10.0. The van der Waals surface area contributed by atoms with Crippen LogP contribution in [-0.2, 0) is 12.1 Å². The molecule has 0 radical (unpaired) electrons. The number of carbonyl (C=O) groups is 1. The van der Waals surface area contributed by atoms with Gasteiger partial charge >= 0.3 is 0 Å². The molecule has 1 aliphatic carbocycles. The molecule has 0 heterocycles. The first kappa shape index (κ1) is 13.8. The van der Waals surface area contributed by atoms with Gasteiger partial charge in [0, 0.05) is 17.7 Å². The monoisotopic (exact) mass is 284 g/mol. The maximum atomic E-state index is 13.9. The summed E-state index contributed by atoms with van der Waals surface area (Å²) in [5.41, 5.74) is 7.10. The summed E-state index contributed by atoms with van der Waals surface area (Å²) in [5, 5.41) is 2.97. The highest BCUT2D eigenvalue weighted by molar-refractivity contribution is 5.95. The first-order valence-corrected chi connectivity index (χ1v) is 7.01. The van der Waals surface area contributed by atoms with Gasteiger partial charge in [0.25, 0.3) is 5.91 Å². The molecule has 0 atom stereocenters. The van der Waals surface area contributed by atoms with Crippen molar-refractivity contribution >= 4 is 5.91 Å². The molecule has 3 rings (SSSR count). The van der Waals surface area contributed by atoms with Crippen LogP contribution < -0.4 is 11.1 Å². The van der Waals surface area contributed by atoms with Crippen molar-refractivity contribution in [3.05, 3.63) is 71.0 Å². The van der Waals surface area contributed by atoms with Gasteiger partial charge in [-0.25, -0.2) is 4.39 Å². The van der Waals surface area contributed by atoms with Gasteiger partial charge < -0.3 is 11.1 Å². The molecule has 2 aromatic carbocycles. The van der Waals surface area contributed by atoms with Crippen LogP contribution in [0.2, 0.25) is 0 Å². The molecule has 0 unspecified atom stereocenters. The zero-order valence-corrected chi connectivity index (χ0v) is 11.6. The van der Waals surface area contributed by atoms with Crippen LogP contribution >= 0.6 is 0 Å². The highest BCUT2D eigenvalue weighted by Gasteiger charge is 2.47. The fraction of sp³-hybridized carbons (Fsp3) is 0.235. The van der Waals surface area contributed by atoms with Crippen LogP contribution in [0.15, 0.2) is 48.5 Å². The standard InChI is InChI=1S/C17H17FN2O/c18-15-4-2-1-3-14(15)17(9-10-17)20-16(21)13-7-5-12(11-19)6-8-13/h1-8H,9-11,19H2,(H,20,21). The summed E-state index contributed by atoms with van der Waals surface area (Å²) in [4.78, 5) is 12.3. The number of amides is 1. The number of halogens is 1. The van der Waals surface area contributed by atoms with Gasteiger partial charge in [-0.15, -0.1) is 0 Å². The quantitative estimate of drug-likeness (QED) is 0.907. The number of nitrogens with two attached hydrogens (primary N) is 1. The third kappa shape index (κ3) is 2.67. The van der Waals surface area contributed by atoms with Crippen molar-refractivity contribution in [2.45, 2.75) is 24.9 Å². The van der Waals surface area contributed by atoms with Gasteiger partial charge in [0.05, 0.1) is 5.54 Å². The third-order valence-corrected chi connectivity index (χ3v) is 3.94. The Morgan fingerprint density at radius 1 is 1.14 bits per heavy atom. The van der Waals surface area contributed by atoms with E-state index >= 15 is 0 Å². The minimum atomic E-state index is -0.547. The van der Waals surface area contributed by atoms with E-state index < -0.39 is 5.54 Å². The van der Waals surface area contributed by atoms with Crippen molar-refractivity contribution < 1.29 is 9.18 Å². The number of benzene rings is 2. The Morgan fingerprint density at radius 2 is 1.81 bits per heavy atom. The number of hydrogen-bond acceptors (Lipinski definition) is 2.